The maximum Gasteiger partial charge on any atom is 0.415 e. The second kappa shape index (κ2) is 5.46. The molecule has 0 aliphatic carbocycles. The van der Waals surface area contributed by atoms with Gasteiger partial charge in [-0.1, -0.05) is 11.8 Å². The Morgan fingerprint density at radius 3 is 2.69 bits per heavy atom. The van der Waals surface area contributed by atoms with E-state index >= 15 is 0 Å². The topological polar surface area (TPSA) is 84.1 Å². The predicted molar refractivity (Wildman–Crippen MR) is 47.7 cm³/mol. The predicted octanol–water partition coefficient (Wildman–Crippen LogP) is -0.319. The zero-order valence-electron chi connectivity index (χ0n) is 7.92. The maximum absolute atomic E-state index is 12.0. The van der Waals surface area contributed by atoms with Gasteiger partial charge < -0.3 is 10.2 Å². The number of tetrazole rings is 1. The molecule has 1 unspecified atom stereocenters. The van der Waals surface area contributed by atoms with Gasteiger partial charge in [0.15, 0.2) is 6.10 Å². The largest absolute Gasteiger partial charge is 0.415 e. The molecule has 1 heterocycles. The molecule has 1 aromatic heterocycles. The zero-order chi connectivity index (χ0) is 12.2. The molecule has 1 aromatic rings. The highest BCUT2D eigenvalue weighted by Gasteiger charge is 2.38. The third kappa shape index (κ3) is 3.61. The lowest BCUT2D eigenvalue weighted by Gasteiger charge is -2.13. The fourth-order valence-electron chi connectivity index (χ4n) is 0.783. The lowest BCUT2D eigenvalue weighted by molar-refractivity contribution is -0.195. The van der Waals surface area contributed by atoms with Crippen molar-refractivity contribution in [1.29, 1.82) is 0 Å². The molecule has 10 heteroatoms. The maximum atomic E-state index is 12.0. The summed E-state index contributed by atoms with van der Waals surface area (Å²) in [5, 5.41) is 27.6. The van der Waals surface area contributed by atoms with Gasteiger partial charge >= 0.3 is 6.18 Å². The summed E-state index contributed by atoms with van der Waals surface area (Å²) in [5.74, 6) is -0.588. The first kappa shape index (κ1) is 13.2. The highest BCUT2D eigenvalue weighted by atomic mass is 32.2. The van der Waals surface area contributed by atoms with Crippen molar-refractivity contribution in [2.75, 3.05) is 12.4 Å². The molecule has 0 bridgehead atoms. The Morgan fingerprint density at radius 1 is 1.44 bits per heavy atom. The number of aromatic nitrogens is 4. The Balaban J connectivity index is 2.51. The third-order valence-corrected chi connectivity index (χ3v) is 2.59. The Labute approximate surface area is 92.4 Å². The number of aliphatic hydroxyl groups is 2. The summed E-state index contributed by atoms with van der Waals surface area (Å²) >= 11 is 0.674. The average molecular weight is 258 g/mol. The van der Waals surface area contributed by atoms with E-state index in [2.05, 4.69) is 15.5 Å². The van der Waals surface area contributed by atoms with Gasteiger partial charge in [0, 0.05) is 5.75 Å². The highest BCUT2D eigenvalue weighted by molar-refractivity contribution is 7.99. The molecule has 2 N–H and O–H groups in total. The summed E-state index contributed by atoms with van der Waals surface area (Å²) in [6.07, 6.45) is -7.07. The normalized spacial score (nSPS) is 14.1. The van der Waals surface area contributed by atoms with Gasteiger partial charge in [-0.15, -0.1) is 5.10 Å². The van der Waals surface area contributed by atoms with Gasteiger partial charge in [-0.2, -0.15) is 13.2 Å². The van der Waals surface area contributed by atoms with Crippen LogP contribution in [-0.2, 0) is 6.54 Å². The Kier molecular flexibility index (Phi) is 4.50. The minimum absolute atomic E-state index is 0.0947. The van der Waals surface area contributed by atoms with Crippen LogP contribution in [0.4, 0.5) is 13.2 Å². The van der Waals surface area contributed by atoms with E-state index in [9.17, 15) is 13.2 Å². The van der Waals surface area contributed by atoms with Crippen LogP contribution in [0.5, 0.6) is 0 Å². The molecule has 92 valence electrons. The van der Waals surface area contributed by atoms with Gasteiger partial charge in [0.05, 0.1) is 13.2 Å². The van der Waals surface area contributed by atoms with E-state index < -0.39 is 18.0 Å². The molecule has 1 rings (SSSR count). The van der Waals surface area contributed by atoms with Crippen molar-refractivity contribution >= 4 is 11.8 Å². The number of alkyl halides is 3. The van der Waals surface area contributed by atoms with Crippen LogP contribution in [0.15, 0.2) is 5.16 Å². The quantitative estimate of drug-likeness (QED) is 0.704. The second-order valence-electron chi connectivity index (χ2n) is 2.78. The monoisotopic (exact) mass is 258 g/mol. The van der Waals surface area contributed by atoms with Gasteiger partial charge in [0.25, 0.3) is 0 Å². The summed E-state index contributed by atoms with van der Waals surface area (Å²) in [4.78, 5) is 0. The van der Waals surface area contributed by atoms with Gasteiger partial charge in [0.1, 0.15) is 0 Å². The average Bonchev–Trinajstić information content (AvgIpc) is 2.61. The van der Waals surface area contributed by atoms with Crippen molar-refractivity contribution in [3.63, 3.8) is 0 Å². The van der Waals surface area contributed by atoms with Crippen molar-refractivity contribution in [1.82, 2.24) is 20.2 Å². The zero-order valence-corrected chi connectivity index (χ0v) is 8.74. The fraction of sp³-hybridized carbons (Fsp3) is 0.833. The van der Waals surface area contributed by atoms with Crippen molar-refractivity contribution in [2.24, 2.45) is 0 Å². The molecule has 0 aliphatic heterocycles. The SMILES string of the molecule is OCCn1nnnc1SCC(O)C(F)(F)F. The molecule has 0 radical (unpaired) electrons. The van der Waals surface area contributed by atoms with Crippen LogP contribution in [-0.4, -0.2) is 55.1 Å². The van der Waals surface area contributed by atoms with Crippen LogP contribution < -0.4 is 0 Å². The minimum atomic E-state index is -4.65. The van der Waals surface area contributed by atoms with E-state index in [1.165, 1.54) is 0 Å². The van der Waals surface area contributed by atoms with Crippen LogP contribution in [0, 0.1) is 0 Å². The van der Waals surface area contributed by atoms with Crippen LogP contribution in [0.1, 0.15) is 0 Å². The van der Waals surface area contributed by atoms with E-state index in [4.69, 9.17) is 10.2 Å². The molecule has 0 amide bonds. The Hall–Kier alpha value is -0.870. The molecule has 6 nitrogen and oxygen atoms in total. The first-order valence-electron chi connectivity index (χ1n) is 4.19. The van der Waals surface area contributed by atoms with Crippen molar-refractivity contribution < 1.29 is 23.4 Å². The smallest absolute Gasteiger partial charge is 0.394 e. The van der Waals surface area contributed by atoms with Gasteiger partial charge in [-0.25, -0.2) is 4.68 Å². The van der Waals surface area contributed by atoms with Crippen LogP contribution in [0.25, 0.3) is 0 Å². The summed E-state index contributed by atoms with van der Waals surface area (Å²) in [6.45, 7) is -0.127. The lowest BCUT2D eigenvalue weighted by atomic mass is 10.4. The number of hydrogen-bond donors (Lipinski definition) is 2. The molecular weight excluding hydrogens is 249 g/mol. The third-order valence-electron chi connectivity index (χ3n) is 1.56. The Bertz CT molecular complexity index is 332. The summed E-state index contributed by atoms with van der Waals surface area (Å²) in [6, 6.07) is 0. The van der Waals surface area contributed by atoms with Crippen molar-refractivity contribution in [2.45, 2.75) is 24.0 Å². The number of rotatable bonds is 5. The van der Waals surface area contributed by atoms with Gasteiger partial charge in [0.2, 0.25) is 5.16 Å². The summed E-state index contributed by atoms with van der Waals surface area (Å²) < 4.78 is 37.1. The lowest BCUT2D eigenvalue weighted by Crippen LogP contribution is -2.30. The molecule has 1 atom stereocenters. The highest BCUT2D eigenvalue weighted by Crippen LogP contribution is 2.25. The van der Waals surface area contributed by atoms with E-state index in [-0.39, 0.29) is 18.3 Å². The molecule has 0 aromatic carbocycles. The van der Waals surface area contributed by atoms with Gasteiger partial charge in [-0.05, 0) is 10.4 Å². The molecule has 0 aliphatic rings. The van der Waals surface area contributed by atoms with E-state index in [0.717, 1.165) is 4.68 Å². The van der Waals surface area contributed by atoms with Crippen molar-refractivity contribution in [3.05, 3.63) is 0 Å². The number of aliphatic hydroxyl groups excluding tert-OH is 2. The molecule has 0 saturated carbocycles. The van der Waals surface area contributed by atoms with Crippen LogP contribution in [0.2, 0.25) is 0 Å². The number of thioether (sulfide) groups is 1. The molecule has 16 heavy (non-hydrogen) atoms. The number of halogens is 3. The van der Waals surface area contributed by atoms with Crippen LogP contribution in [0.3, 0.4) is 0 Å². The van der Waals surface area contributed by atoms with E-state index in [1.807, 2.05) is 0 Å². The fourth-order valence-corrected chi connectivity index (χ4v) is 1.65. The second-order valence-corrected chi connectivity index (χ2v) is 3.76. The van der Waals surface area contributed by atoms with Crippen LogP contribution >= 0.6 is 11.8 Å². The number of nitrogens with zero attached hydrogens (tertiary/aromatic N) is 4. The molecule has 0 spiro atoms. The molecule has 0 saturated heterocycles. The van der Waals surface area contributed by atoms with E-state index in [1.54, 1.807) is 0 Å². The summed E-state index contributed by atoms with van der Waals surface area (Å²) in [7, 11) is 0. The van der Waals surface area contributed by atoms with E-state index in [0.29, 0.717) is 11.8 Å². The Morgan fingerprint density at radius 2 is 2.12 bits per heavy atom. The standard InChI is InChI=1S/C6H9F3N4O2S/c7-6(8,9)4(15)3-16-5-10-11-12-13(5)1-2-14/h4,14-15H,1-3H2. The summed E-state index contributed by atoms with van der Waals surface area (Å²) in [5.41, 5.74) is 0. The first-order chi connectivity index (χ1) is 7.45. The van der Waals surface area contributed by atoms with Crippen molar-refractivity contribution in [3.8, 4) is 0 Å². The van der Waals surface area contributed by atoms with Gasteiger partial charge in [-0.3, -0.25) is 0 Å². The first-order valence-corrected chi connectivity index (χ1v) is 5.18. The molecule has 0 fully saturated rings. The number of hydrogen-bond acceptors (Lipinski definition) is 6. The minimum Gasteiger partial charge on any atom is -0.394 e. The molecular formula is C6H9F3N4O2S.